The molecule has 2 aliphatic rings. The monoisotopic (exact) mass is 636 g/mol. The quantitative estimate of drug-likeness (QED) is 0.228. The van der Waals surface area contributed by atoms with Crippen molar-refractivity contribution in [1.29, 1.82) is 0 Å². The van der Waals surface area contributed by atoms with E-state index in [2.05, 4.69) is 25.7 Å². The number of amides is 2. The van der Waals surface area contributed by atoms with Gasteiger partial charge in [0.2, 0.25) is 11.8 Å². The van der Waals surface area contributed by atoms with Crippen LogP contribution < -0.4 is 10.6 Å². The molecule has 242 valence electrons. The van der Waals surface area contributed by atoms with Crippen molar-refractivity contribution in [3.05, 3.63) is 47.0 Å². The van der Waals surface area contributed by atoms with Gasteiger partial charge in [-0.15, -0.1) is 0 Å². The third-order valence-corrected chi connectivity index (χ3v) is 7.06. The number of H-pyrrole nitrogens is 1. The van der Waals surface area contributed by atoms with Crippen molar-refractivity contribution in [2.45, 2.75) is 102 Å². The molecule has 0 saturated heterocycles. The van der Waals surface area contributed by atoms with Gasteiger partial charge in [0.15, 0.2) is 0 Å². The Morgan fingerprint density at radius 3 is 2.27 bits per heavy atom. The molecule has 0 spiro atoms. The zero-order chi connectivity index (χ0) is 32.1. The molecule has 44 heavy (non-hydrogen) atoms. The Balaban J connectivity index is 0.000000479. The highest BCUT2D eigenvalue weighted by Gasteiger charge is 2.34. The Kier molecular flexibility index (Phi) is 10.2. The topological polar surface area (TPSA) is 105 Å². The second-order valence-electron chi connectivity index (χ2n) is 11.0. The van der Waals surface area contributed by atoms with Gasteiger partial charge in [0.25, 0.3) is 5.91 Å². The van der Waals surface area contributed by atoms with E-state index in [1.54, 1.807) is 18.2 Å². The van der Waals surface area contributed by atoms with Crippen LogP contribution in [0, 0.1) is 0 Å². The number of nitrogens with one attached hydrogen (secondary N) is 3. The predicted molar refractivity (Wildman–Crippen MR) is 143 cm³/mol. The molecule has 2 heterocycles. The average Bonchev–Trinajstić information content (AvgIpc) is 3.56. The predicted octanol–water partition coefficient (Wildman–Crippen LogP) is 6.67. The number of fused-ring (bicyclic) bond motifs is 1. The number of carbonyl (C=O) groups is 2. The second kappa shape index (κ2) is 13.5. The number of carbonyl (C=O) groups excluding carboxylic acids is 2. The molecule has 2 aromatic heterocycles. The first-order chi connectivity index (χ1) is 20.6. The van der Waals surface area contributed by atoms with Crippen LogP contribution in [0.15, 0.2) is 24.4 Å². The maximum absolute atomic E-state index is 12.7. The number of hydrogen-bond acceptors (Lipinski definition) is 4. The Morgan fingerprint density at radius 2 is 1.68 bits per heavy atom. The molecule has 0 aliphatic heterocycles. The number of rotatable bonds is 9. The van der Waals surface area contributed by atoms with E-state index in [-0.39, 0.29) is 37.4 Å². The van der Waals surface area contributed by atoms with Crippen LogP contribution in [0.25, 0.3) is 11.0 Å². The first-order valence-corrected chi connectivity index (χ1v) is 14.2. The number of hydrogen-bond donors (Lipinski definition) is 3. The summed E-state index contributed by atoms with van der Waals surface area (Å²) in [7, 11) is 0. The van der Waals surface area contributed by atoms with Gasteiger partial charge in [0.1, 0.15) is 12.4 Å². The van der Waals surface area contributed by atoms with Crippen molar-refractivity contribution >= 4 is 22.8 Å². The number of imidazole rings is 1. The van der Waals surface area contributed by atoms with Gasteiger partial charge in [-0.25, -0.2) is 13.8 Å². The van der Waals surface area contributed by atoms with E-state index in [0.29, 0.717) is 41.0 Å². The van der Waals surface area contributed by atoms with Crippen molar-refractivity contribution in [3.8, 4) is 0 Å². The zero-order valence-corrected chi connectivity index (χ0v) is 23.6. The lowest BCUT2D eigenvalue weighted by atomic mass is 9.97. The highest BCUT2D eigenvalue weighted by atomic mass is 19.4. The number of nitrogens with zero attached hydrogens (tertiary/aromatic N) is 3. The molecule has 0 radical (unpaired) electrons. The van der Waals surface area contributed by atoms with E-state index in [0.717, 1.165) is 30.1 Å². The summed E-state index contributed by atoms with van der Waals surface area (Å²) in [6, 6.07) is 4.98. The molecule has 0 bridgehead atoms. The molecule has 3 N–H and O–H groups in total. The summed E-state index contributed by atoms with van der Waals surface area (Å²) in [6.45, 7) is -1.27. The fourth-order valence-corrected chi connectivity index (χ4v) is 4.71. The van der Waals surface area contributed by atoms with Crippen LogP contribution in [0.4, 0.5) is 35.1 Å². The van der Waals surface area contributed by atoms with E-state index in [1.807, 2.05) is 0 Å². The molecule has 2 saturated carbocycles. The molecule has 2 aliphatic carbocycles. The van der Waals surface area contributed by atoms with Gasteiger partial charge in [0, 0.05) is 37.9 Å². The van der Waals surface area contributed by atoms with E-state index in [4.69, 9.17) is 0 Å². The van der Waals surface area contributed by atoms with Gasteiger partial charge < -0.3 is 15.6 Å². The van der Waals surface area contributed by atoms with Crippen LogP contribution in [0.3, 0.4) is 0 Å². The van der Waals surface area contributed by atoms with E-state index < -0.39 is 49.5 Å². The van der Waals surface area contributed by atoms with Gasteiger partial charge in [-0.3, -0.25) is 14.3 Å². The highest BCUT2D eigenvalue weighted by molar-refractivity contribution is 5.95. The lowest BCUT2D eigenvalue weighted by Crippen LogP contribution is -2.24. The number of aromatic amines is 1. The molecule has 8 nitrogen and oxygen atoms in total. The van der Waals surface area contributed by atoms with Gasteiger partial charge in [-0.1, -0.05) is 12.5 Å². The minimum absolute atomic E-state index is 0.0222. The maximum atomic E-state index is 12.7. The van der Waals surface area contributed by atoms with Crippen LogP contribution in [0.2, 0.25) is 0 Å². The van der Waals surface area contributed by atoms with Crippen LogP contribution in [-0.2, 0) is 24.4 Å². The van der Waals surface area contributed by atoms with Crippen molar-refractivity contribution in [3.63, 3.8) is 0 Å². The molecule has 0 unspecified atom stereocenters. The summed E-state index contributed by atoms with van der Waals surface area (Å²) in [5.41, 5.74) is 2.22. The normalized spacial score (nSPS) is 16.7. The molecule has 3 aromatic rings. The lowest BCUT2D eigenvalue weighted by Gasteiger charge is -2.20. The van der Waals surface area contributed by atoms with Crippen molar-refractivity contribution in [2.75, 3.05) is 0 Å². The number of alkyl halides is 8. The third-order valence-electron chi connectivity index (χ3n) is 7.06. The molecule has 0 atom stereocenters. The summed E-state index contributed by atoms with van der Waals surface area (Å²) in [5, 5.41) is 9.03. The van der Waals surface area contributed by atoms with Gasteiger partial charge >= 0.3 is 12.4 Å². The average molecular weight is 637 g/mol. The Hall–Kier alpha value is -3.72. The fraction of sp³-hybridized carbons (Fsp3) is 0.571. The van der Waals surface area contributed by atoms with Crippen LogP contribution in [-0.4, -0.2) is 49.8 Å². The minimum atomic E-state index is -4.46. The summed E-state index contributed by atoms with van der Waals surface area (Å²) in [6.07, 6.45) is -5.42. The molecule has 16 heteroatoms. The lowest BCUT2D eigenvalue weighted by molar-refractivity contribution is -0.144. The van der Waals surface area contributed by atoms with Gasteiger partial charge in [-0.2, -0.15) is 31.4 Å². The molecule has 2 fully saturated rings. The van der Waals surface area contributed by atoms with Gasteiger partial charge in [0.05, 0.1) is 35.3 Å². The number of benzene rings is 1. The standard InChI is InChI=1S/C22H22F6N6O2.C6H10F2/c23-21(24,25)6-5-18(35)29-8-12-1-4-15-16(7-12)32-17(31-15)9-30-20(36)14-10-34(11-22(26,27)28)33-19(14)13-2-3-13;7-6(8)4-2-1-3-5-6/h1,4,7,10,13H,2-3,5-6,8-9,11H2,(H,29,35)(H,30,36)(H,31,32);1-5H2. The van der Waals surface area contributed by atoms with Crippen molar-refractivity contribution in [2.24, 2.45) is 0 Å². The Bertz CT molecular complexity index is 1430. The molecule has 5 rings (SSSR count). The van der Waals surface area contributed by atoms with E-state index in [9.17, 15) is 44.7 Å². The highest BCUT2D eigenvalue weighted by Crippen LogP contribution is 2.41. The van der Waals surface area contributed by atoms with Crippen LogP contribution in [0.1, 0.15) is 91.1 Å². The number of aromatic nitrogens is 4. The summed E-state index contributed by atoms with van der Waals surface area (Å²) >= 11 is 0. The van der Waals surface area contributed by atoms with Crippen molar-refractivity contribution < 1.29 is 44.7 Å². The summed E-state index contributed by atoms with van der Waals surface area (Å²) in [5.74, 6) is -3.24. The second-order valence-corrected chi connectivity index (χ2v) is 11.0. The largest absolute Gasteiger partial charge is 0.408 e. The molecule has 1 aromatic carbocycles. The third kappa shape index (κ3) is 10.5. The van der Waals surface area contributed by atoms with Crippen molar-refractivity contribution in [1.82, 2.24) is 30.4 Å². The first kappa shape index (κ1) is 33.2. The summed E-state index contributed by atoms with van der Waals surface area (Å²) in [4.78, 5) is 31.6. The molecule has 2 amide bonds. The zero-order valence-electron chi connectivity index (χ0n) is 23.6. The van der Waals surface area contributed by atoms with E-state index >= 15 is 0 Å². The smallest absolute Gasteiger partial charge is 0.352 e. The first-order valence-electron chi connectivity index (χ1n) is 14.2. The van der Waals surface area contributed by atoms with Crippen LogP contribution in [0.5, 0.6) is 0 Å². The SMILES string of the molecule is FC1(F)CCCCC1.O=C(CCC(F)(F)F)NCc1ccc2nc(CNC(=O)c3cn(CC(F)(F)F)nc3C3CC3)[nH]c2c1. The molecular weight excluding hydrogens is 604 g/mol. The maximum Gasteiger partial charge on any atom is 0.408 e. The van der Waals surface area contributed by atoms with E-state index in [1.165, 1.54) is 0 Å². The number of halogens is 8. The van der Waals surface area contributed by atoms with Gasteiger partial charge in [-0.05, 0) is 43.4 Å². The fourth-order valence-electron chi connectivity index (χ4n) is 4.71. The van der Waals surface area contributed by atoms with Crippen LogP contribution >= 0.6 is 0 Å². The minimum Gasteiger partial charge on any atom is -0.352 e. The Morgan fingerprint density at radius 1 is 0.977 bits per heavy atom. The Labute approximate surface area is 247 Å². The molecular formula is C28H32F8N6O2. The summed E-state index contributed by atoms with van der Waals surface area (Å²) < 4.78 is 100.0.